The summed E-state index contributed by atoms with van der Waals surface area (Å²) in [6.07, 6.45) is 3.10. The lowest BCUT2D eigenvalue weighted by molar-refractivity contribution is 0.262. The van der Waals surface area contributed by atoms with Crippen LogP contribution in [0.3, 0.4) is 0 Å². The van der Waals surface area contributed by atoms with Crippen molar-refractivity contribution in [1.82, 2.24) is 9.97 Å². The summed E-state index contributed by atoms with van der Waals surface area (Å²) in [5.41, 5.74) is 3.45. The molecule has 1 aromatic heterocycles. The van der Waals surface area contributed by atoms with Gasteiger partial charge in [0.25, 0.3) is 0 Å². The standard InChI is InChI=1S/C19H18ClN5O/c1-13-5-2-3-8-16(13)25-19(26)24-15-7-4-6-14(11-15)12-23-18-17(20)21-9-10-22-18/h2-11H,12H2,1H3,(H,22,23)(H2,24,25,26). The van der Waals surface area contributed by atoms with Gasteiger partial charge in [-0.15, -0.1) is 0 Å². The molecule has 2 amide bonds. The second kappa shape index (κ2) is 8.31. The Morgan fingerprint density at radius 3 is 2.65 bits per heavy atom. The fourth-order valence-electron chi connectivity index (χ4n) is 2.38. The smallest absolute Gasteiger partial charge is 0.323 e. The number of aryl methyl sites for hydroxylation is 1. The van der Waals surface area contributed by atoms with Gasteiger partial charge in [0.15, 0.2) is 11.0 Å². The molecule has 0 atom stereocenters. The molecule has 0 aliphatic rings. The van der Waals surface area contributed by atoms with Crippen LogP contribution in [0.1, 0.15) is 11.1 Å². The number of para-hydroxylation sites is 1. The number of aromatic nitrogens is 2. The van der Waals surface area contributed by atoms with Crippen LogP contribution < -0.4 is 16.0 Å². The maximum atomic E-state index is 12.2. The first-order valence-corrected chi connectivity index (χ1v) is 8.42. The molecule has 3 N–H and O–H groups in total. The number of benzene rings is 2. The van der Waals surface area contributed by atoms with Gasteiger partial charge in [-0.05, 0) is 36.2 Å². The van der Waals surface area contributed by atoms with Crippen LogP contribution in [0.4, 0.5) is 22.0 Å². The number of carbonyl (C=O) groups excluding carboxylic acids is 1. The van der Waals surface area contributed by atoms with Crippen molar-refractivity contribution < 1.29 is 4.79 Å². The average molecular weight is 368 g/mol. The molecule has 0 aliphatic carbocycles. The molecule has 26 heavy (non-hydrogen) atoms. The lowest BCUT2D eigenvalue weighted by Gasteiger charge is -2.11. The minimum Gasteiger partial charge on any atom is -0.363 e. The first-order valence-electron chi connectivity index (χ1n) is 8.05. The van der Waals surface area contributed by atoms with Gasteiger partial charge in [-0.25, -0.2) is 14.8 Å². The van der Waals surface area contributed by atoms with E-state index in [1.54, 1.807) is 6.20 Å². The highest BCUT2D eigenvalue weighted by Crippen LogP contribution is 2.18. The first kappa shape index (κ1) is 17.7. The molecule has 0 aliphatic heterocycles. The fourth-order valence-corrected chi connectivity index (χ4v) is 2.55. The lowest BCUT2D eigenvalue weighted by Crippen LogP contribution is -2.20. The molecule has 0 saturated carbocycles. The van der Waals surface area contributed by atoms with Crippen LogP contribution in [0, 0.1) is 6.92 Å². The third-order valence-corrected chi connectivity index (χ3v) is 3.97. The largest absolute Gasteiger partial charge is 0.363 e. The Balaban J connectivity index is 1.61. The van der Waals surface area contributed by atoms with Crippen molar-refractivity contribution in [3.63, 3.8) is 0 Å². The molecule has 132 valence electrons. The van der Waals surface area contributed by atoms with Gasteiger partial charge in [0, 0.05) is 30.3 Å². The van der Waals surface area contributed by atoms with Crippen molar-refractivity contribution in [3.05, 3.63) is 77.2 Å². The number of amides is 2. The van der Waals surface area contributed by atoms with E-state index in [2.05, 4.69) is 25.9 Å². The van der Waals surface area contributed by atoms with Crippen LogP contribution >= 0.6 is 11.6 Å². The second-order valence-electron chi connectivity index (χ2n) is 5.64. The molecule has 0 fully saturated rings. The van der Waals surface area contributed by atoms with Crippen molar-refractivity contribution >= 4 is 34.8 Å². The summed E-state index contributed by atoms with van der Waals surface area (Å²) < 4.78 is 0. The van der Waals surface area contributed by atoms with Crippen molar-refractivity contribution in [2.75, 3.05) is 16.0 Å². The van der Waals surface area contributed by atoms with E-state index in [0.717, 1.165) is 16.8 Å². The Kier molecular flexibility index (Phi) is 5.66. The molecule has 0 spiro atoms. The van der Waals surface area contributed by atoms with Crippen LogP contribution in [-0.2, 0) is 6.54 Å². The summed E-state index contributed by atoms with van der Waals surface area (Å²) in [6.45, 7) is 2.45. The zero-order valence-electron chi connectivity index (χ0n) is 14.2. The molecular weight excluding hydrogens is 350 g/mol. The zero-order chi connectivity index (χ0) is 18.4. The molecule has 0 unspecified atom stereocenters. The minimum atomic E-state index is -0.290. The van der Waals surface area contributed by atoms with E-state index < -0.39 is 0 Å². The van der Waals surface area contributed by atoms with E-state index >= 15 is 0 Å². The molecule has 2 aromatic carbocycles. The highest BCUT2D eigenvalue weighted by Gasteiger charge is 2.06. The summed E-state index contributed by atoms with van der Waals surface area (Å²) in [5, 5.41) is 9.12. The van der Waals surface area contributed by atoms with Gasteiger partial charge >= 0.3 is 6.03 Å². The van der Waals surface area contributed by atoms with Gasteiger partial charge in [0.1, 0.15) is 0 Å². The SMILES string of the molecule is Cc1ccccc1NC(=O)Nc1cccc(CNc2nccnc2Cl)c1. The van der Waals surface area contributed by atoms with Crippen molar-refractivity contribution in [2.24, 2.45) is 0 Å². The quantitative estimate of drug-likeness (QED) is 0.611. The highest BCUT2D eigenvalue weighted by atomic mass is 35.5. The summed E-state index contributed by atoms with van der Waals surface area (Å²) >= 11 is 5.98. The van der Waals surface area contributed by atoms with Gasteiger partial charge in [-0.3, -0.25) is 0 Å². The monoisotopic (exact) mass is 367 g/mol. The Hall–Kier alpha value is -3.12. The molecule has 3 aromatic rings. The van der Waals surface area contributed by atoms with E-state index in [4.69, 9.17) is 11.6 Å². The lowest BCUT2D eigenvalue weighted by atomic mass is 10.2. The van der Waals surface area contributed by atoms with Gasteiger partial charge in [0.2, 0.25) is 0 Å². The molecule has 6 nitrogen and oxygen atoms in total. The van der Waals surface area contributed by atoms with E-state index in [-0.39, 0.29) is 6.03 Å². The number of anilines is 3. The highest BCUT2D eigenvalue weighted by molar-refractivity contribution is 6.31. The summed E-state index contributed by atoms with van der Waals surface area (Å²) in [6, 6.07) is 14.9. The molecule has 7 heteroatoms. The van der Waals surface area contributed by atoms with Gasteiger partial charge in [-0.1, -0.05) is 41.9 Å². The van der Waals surface area contributed by atoms with E-state index in [0.29, 0.717) is 23.2 Å². The van der Waals surface area contributed by atoms with Crippen molar-refractivity contribution in [3.8, 4) is 0 Å². The van der Waals surface area contributed by atoms with Crippen molar-refractivity contribution in [1.29, 1.82) is 0 Å². The minimum absolute atomic E-state index is 0.290. The predicted molar refractivity (Wildman–Crippen MR) is 105 cm³/mol. The van der Waals surface area contributed by atoms with Gasteiger partial charge < -0.3 is 16.0 Å². The molecular formula is C19H18ClN5O. The maximum Gasteiger partial charge on any atom is 0.323 e. The molecule has 0 radical (unpaired) electrons. The van der Waals surface area contributed by atoms with Crippen LogP contribution in [0.5, 0.6) is 0 Å². The van der Waals surface area contributed by atoms with Crippen molar-refractivity contribution in [2.45, 2.75) is 13.5 Å². The van der Waals surface area contributed by atoms with Gasteiger partial charge in [-0.2, -0.15) is 0 Å². The third kappa shape index (κ3) is 4.70. The second-order valence-corrected chi connectivity index (χ2v) is 6.00. The predicted octanol–water partition coefficient (Wildman–Crippen LogP) is 4.69. The number of nitrogens with one attached hydrogen (secondary N) is 3. The summed E-state index contributed by atoms with van der Waals surface area (Å²) in [4.78, 5) is 20.3. The number of halogens is 1. The fraction of sp³-hybridized carbons (Fsp3) is 0.105. The third-order valence-electron chi connectivity index (χ3n) is 3.69. The van der Waals surface area contributed by atoms with Crippen LogP contribution in [-0.4, -0.2) is 16.0 Å². The Morgan fingerprint density at radius 1 is 1.04 bits per heavy atom. The van der Waals surface area contributed by atoms with E-state index in [1.165, 1.54) is 6.20 Å². The number of nitrogens with zero attached hydrogens (tertiary/aromatic N) is 2. The topological polar surface area (TPSA) is 78.9 Å². The Labute approximate surface area is 156 Å². The van der Waals surface area contributed by atoms with Crippen LogP contribution in [0.15, 0.2) is 60.9 Å². The summed E-state index contributed by atoms with van der Waals surface area (Å²) in [7, 11) is 0. The number of hydrogen-bond acceptors (Lipinski definition) is 4. The summed E-state index contributed by atoms with van der Waals surface area (Å²) in [5.74, 6) is 0.518. The zero-order valence-corrected chi connectivity index (χ0v) is 14.9. The molecule has 0 bridgehead atoms. The first-order chi connectivity index (χ1) is 12.6. The molecule has 1 heterocycles. The number of carbonyl (C=O) groups is 1. The Bertz CT molecular complexity index is 916. The van der Waals surface area contributed by atoms with Gasteiger partial charge in [0.05, 0.1) is 0 Å². The van der Waals surface area contributed by atoms with Crippen LogP contribution in [0.25, 0.3) is 0 Å². The number of urea groups is 1. The van der Waals surface area contributed by atoms with E-state index in [1.807, 2.05) is 55.5 Å². The number of hydrogen-bond donors (Lipinski definition) is 3. The normalized spacial score (nSPS) is 10.2. The number of rotatable bonds is 5. The maximum absolute atomic E-state index is 12.2. The van der Waals surface area contributed by atoms with E-state index in [9.17, 15) is 4.79 Å². The molecule has 0 saturated heterocycles. The Morgan fingerprint density at radius 2 is 1.85 bits per heavy atom. The molecule has 3 rings (SSSR count). The average Bonchev–Trinajstić information content (AvgIpc) is 2.63. The van der Waals surface area contributed by atoms with Crippen LogP contribution in [0.2, 0.25) is 5.15 Å².